The number of H-pyrrole nitrogens is 1. The Morgan fingerprint density at radius 2 is 1.42 bits per heavy atom. The lowest BCUT2D eigenvalue weighted by atomic mass is 9.99. The molecule has 0 amide bonds. The topological polar surface area (TPSA) is 45.8 Å². The largest absolute Gasteiger partial charge is 0.321 e. The first kappa shape index (κ1) is 18.9. The van der Waals surface area contributed by atoms with Crippen molar-refractivity contribution in [3.05, 3.63) is 113 Å². The highest BCUT2D eigenvalue weighted by Gasteiger charge is 2.12. The molecule has 0 saturated heterocycles. The SMILES string of the molecule is Cc1ccc2[nH]c(=O)c(-c3cc(-c4ccccc4)nc(-c4ccc(F)cc4)c3)cc2c1. The minimum absolute atomic E-state index is 0.161. The maximum atomic E-state index is 13.5. The van der Waals surface area contributed by atoms with Crippen molar-refractivity contribution in [2.24, 2.45) is 0 Å². The van der Waals surface area contributed by atoms with Crippen LogP contribution in [-0.4, -0.2) is 9.97 Å². The van der Waals surface area contributed by atoms with Gasteiger partial charge < -0.3 is 4.98 Å². The lowest BCUT2D eigenvalue weighted by Crippen LogP contribution is -2.09. The second kappa shape index (κ2) is 7.65. The molecule has 3 nitrogen and oxygen atoms in total. The van der Waals surface area contributed by atoms with Crippen LogP contribution in [0.5, 0.6) is 0 Å². The van der Waals surface area contributed by atoms with E-state index in [9.17, 15) is 9.18 Å². The van der Waals surface area contributed by atoms with Gasteiger partial charge in [-0.2, -0.15) is 0 Å². The Hall–Kier alpha value is -4.05. The molecule has 2 aromatic heterocycles. The predicted octanol–water partition coefficient (Wildman–Crippen LogP) is 6.37. The number of aryl methyl sites for hydroxylation is 1. The van der Waals surface area contributed by atoms with E-state index in [1.807, 2.05) is 67.6 Å². The fourth-order valence-electron chi connectivity index (χ4n) is 3.75. The first-order chi connectivity index (χ1) is 15.1. The Kier molecular flexibility index (Phi) is 4.68. The number of benzene rings is 3. The Morgan fingerprint density at radius 1 is 0.742 bits per heavy atom. The van der Waals surface area contributed by atoms with Crippen LogP contribution in [0.15, 0.2) is 95.8 Å². The lowest BCUT2D eigenvalue weighted by molar-refractivity contribution is 0.628. The van der Waals surface area contributed by atoms with Crippen LogP contribution >= 0.6 is 0 Å². The average Bonchev–Trinajstić information content (AvgIpc) is 2.79. The van der Waals surface area contributed by atoms with Crippen LogP contribution < -0.4 is 5.56 Å². The van der Waals surface area contributed by atoms with Gasteiger partial charge in [-0.15, -0.1) is 0 Å². The highest BCUT2D eigenvalue weighted by Crippen LogP contribution is 2.30. The zero-order valence-corrected chi connectivity index (χ0v) is 16.9. The smallest absolute Gasteiger partial charge is 0.256 e. The maximum absolute atomic E-state index is 13.5. The molecule has 0 fully saturated rings. The van der Waals surface area contributed by atoms with E-state index in [1.165, 1.54) is 12.1 Å². The summed E-state index contributed by atoms with van der Waals surface area (Å²) in [6, 6.07) is 27.7. The van der Waals surface area contributed by atoms with Gasteiger partial charge in [0.25, 0.3) is 5.56 Å². The molecule has 0 radical (unpaired) electrons. The standard InChI is InChI=1S/C27H19FN2O/c1-17-7-12-24-21(13-17)14-23(27(31)30-24)20-15-25(18-5-3-2-4-6-18)29-26(16-20)19-8-10-22(28)11-9-19/h2-16H,1H3,(H,30,31). The molecule has 0 aliphatic carbocycles. The van der Waals surface area contributed by atoms with Gasteiger partial charge in [0.15, 0.2) is 0 Å². The molecule has 0 bridgehead atoms. The van der Waals surface area contributed by atoms with Gasteiger partial charge in [-0.3, -0.25) is 4.79 Å². The molecule has 3 aromatic carbocycles. The summed E-state index contributed by atoms with van der Waals surface area (Å²) in [7, 11) is 0. The van der Waals surface area contributed by atoms with E-state index in [2.05, 4.69) is 11.1 Å². The van der Waals surface area contributed by atoms with Crippen molar-refractivity contribution in [2.75, 3.05) is 0 Å². The van der Waals surface area contributed by atoms with E-state index in [0.29, 0.717) is 11.3 Å². The maximum Gasteiger partial charge on any atom is 0.256 e. The predicted molar refractivity (Wildman–Crippen MR) is 123 cm³/mol. The first-order valence-electron chi connectivity index (χ1n) is 10.0. The van der Waals surface area contributed by atoms with Gasteiger partial charge in [0.2, 0.25) is 0 Å². The highest BCUT2D eigenvalue weighted by atomic mass is 19.1. The zero-order valence-electron chi connectivity index (χ0n) is 16.9. The van der Waals surface area contributed by atoms with Crippen molar-refractivity contribution in [1.82, 2.24) is 9.97 Å². The molecule has 4 heteroatoms. The number of aromatic amines is 1. The zero-order chi connectivity index (χ0) is 21.4. The monoisotopic (exact) mass is 406 g/mol. The first-order valence-corrected chi connectivity index (χ1v) is 10.0. The number of fused-ring (bicyclic) bond motifs is 1. The molecule has 5 aromatic rings. The van der Waals surface area contributed by atoms with E-state index in [0.717, 1.165) is 38.9 Å². The number of halogens is 1. The molecule has 0 aliphatic rings. The molecule has 150 valence electrons. The van der Waals surface area contributed by atoms with Gasteiger partial charge >= 0.3 is 0 Å². The third-order valence-electron chi connectivity index (χ3n) is 5.35. The van der Waals surface area contributed by atoms with Crippen LogP contribution in [0.25, 0.3) is 44.5 Å². The minimum Gasteiger partial charge on any atom is -0.321 e. The van der Waals surface area contributed by atoms with E-state index in [4.69, 9.17) is 4.98 Å². The molecule has 0 saturated carbocycles. The van der Waals surface area contributed by atoms with Crippen LogP contribution in [0.1, 0.15) is 5.56 Å². The molecule has 0 atom stereocenters. The van der Waals surface area contributed by atoms with Crippen LogP contribution in [0, 0.1) is 12.7 Å². The summed E-state index contributed by atoms with van der Waals surface area (Å²) in [4.78, 5) is 20.7. The molecule has 1 N–H and O–H groups in total. The fraction of sp³-hybridized carbons (Fsp3) is 0.0370. The second-order valence-electron chi connectivity index (χ2n) is 7.60. The molecule has 0 aliphatic heterocycles. The summed E-state index contributed by atoms with van der Waals surface area (Å²) in [6.45, 7) is 2.02. The summed E-state index contributed by atoms with van der Waals surface area (Å²) < 4.78 is 13.5. The van der Waals surface area contributed by atoms with Crippen LogP contribution in [0.2, 0.25) is 0 Å². The van der Waals surface area contributed by atoms with Gasteiger partial charge in [-0.1, -0.05) is 42.0 Å². The summed E-state index contributed by atoms with van der Waals surface area (Å²) in [5, 5.41) is 0.969. The van der Waals surface area contributed by atoms with Crippen LogP contribution in [0.4, 0.5) is 4.39 Å². The molecule has 5 rings (SSSR count). The van der Waals surface area contributed by atoms with Gasteiger partial charge in [0.05, 0.1) is 11.4 Å². The van der Waals surface area contributed by atoms with Gasteiger partial charge in [0, 0.05) is 22.2 Å². The van der Waals surface area contributed by atoms with Crippen LogP contribution in [0.3, 0.4) is 0 Å². The molecule has 2 heterocycles. The van der Waals surface area contributed by atoms with Crippen molar-refractivity contribution >= 4 is 10.9 Å². The van der Waals surface area contributed by atoms with E-state index < -0.39 is 0 Å². The van der Waals surface area contributed by atoms with E-state index in [1.54, 1.807) is 12.1 Å². The van der Waals surface area contributed by atoms with Gasteiger partial charge in [-0.05, 0) is 72.5 Å². The number of rotatable bonds is 3. The van der Waals surface area contributed by atoms with E-state index >= 15 is 0 Å². The van der Waals surface area contributed by atoms with Crippen LogP contribution in [-0.2, 0) is 0 Å². The van der Waals surface area contributed by atoms with Gasteiger partial charge in [-0.25, -0.2) is 9.37 Å². The second-order valence-corrected chi connectivity index (χ2v) is 7.60. The number of nitrogens with one attached hydrogen (secondary N) is 1. The number of aromatic nitrogens is 2. The molecule has 31 heavy (non-hydrogen) atoms. The molecular weight excluding hydrogens is 387 g/mol. The summed E-state index contributed by atoms with van der Waals surface area (Å²) in [5.41, 5.74) is 6.26. The Bertz CT molecular complexity index is 1460. The molecule has 0 spiro atoms. The number of pyridine rings is 2. The van der Waals surface area contributed by atoms with Crippen molar-refractivity contribution in [1.29, 1.82) is 0 Å². The van der Waals surface area contributed by atoms with Crippen molar-refractivity contribution in [3.8, 4) is 33.6 Å². The summed E-state index contributed by atoms with van der Waals surface area (Å²) >= 11 is 0. The fourth-order valence-corrected chi connectivity index (χ4v) is 3.75. The summed E-state index contributed by atoms with van der Waals surface area (Å²) in [5.74, 6) is -0.301. The summed E-state index contributed by atoms with van der Waals surface area (Å²) in [6.07, 6.45) is 0. The average molecular weight is 406 g/mol. The van der Waals surface area contributed by atoms with Gasteiger partial charge in [0.1, 0.15) is 5.82 Å². The number of hydrogen-bond acceptors (Lipinski definition) is 2. The Morgan fingerprint density at radius 3 is 2.13 bits per heavy atom. The van der Waals surface area contributed by atoms with E-state index in [-0.39, 0.29) is 11.4 Å². The third-order valence-corrected chi connectivity index (χ3v) is 5.35. The number of hydrogen-bond donors (Lipinski definition) is 1. The minimum atomic E-state index is -0.301. The highest BCUT2D eigenvalue weighted by molar-refractivity contribution is 5.85. The molecule has 0 unspecified atom stereocenters. The van der Waals surface area contributed by atoms with Crippen molar-refractivity contribution in [2.45, 2.75) is 6.92 Å². The quantitative estimate of drug-likeness (QED) is 0.378. The third kappa shape index (κ3) is 3.76. The van der Waals surface area contributed by atoms with Crippen molar-refractivity contribution < 1.29 is 4.39 Å². The Balaban J connectivity index is 1.75. The van der Waals surface area contributed by atoms with Crippen molar-refractivity contribution in [3.63, 3.8) is 0 Å². The normalized spacial score (nSPS) is 11.0. The number of nitrogens with zero attached hydrogens (tertiary/aromatic N) is 1. The molecular formula is C27H19FN2O. The Labute approximate surface area is 178 Å². The lowest BCUT2D eigenvalue weighted by Gasteiger charge is -2.11.